The molecule has 1 amide bonds. The molecule has 0 spiro atoms. The number of rotatable bonds is 5. The first-order chi connectivity index (χ1) is 7.09. The minimum atomic E-state index is -0.339. The summed E-state index contributed by atoms with van der Waals surface area (Å²) in [6.07, 6.45) is 0.861. The van der Waals surface area contributed by atoms with Gasteiger partial charge in [0.1, 0.15) is 6.10 Å². The molecular formula is C11H22N2O2. The minimum absolute atomic E-state index is 0.00407. The first-order valence-electron chi connectivity index (χ1n) is 5.73. The standard InChI is InChI=1S/C11H22N2O2/c1-8(2)6-13-11(14)9(3)15-10-4-5-12-7-10/h8-10,12H,4-7H2,1-3H3,(H,13,14). The van der Waals surface area contributed by atoms with Gasteiger partial charge in [-0.15, -0.1) is 0 Å². The summed E-state index contributed by atoms with van der Waals surface area (Å²) in [5.74, 6) is 0.477. The molecule has 4 nitrogen and oxygen atoms in total. The lowest BCUT2D eigenvalue weighted by Gasteiger charge is -2.18. The Hall–Kier alpha value is -0.610. The van der Waals surface area contributed by atoms with Gasteiger partial charge in [-0.1, -0.05) is 13.8 Å². The van der Waals surface area contributed by atoms with Gasteiger partial charge in [0, 0.05) is 13.1 Å². The van der Waals surface area contributed by atoms with Crippen LogP contribution in [0.3, 0.4) is 0 Å². The second-order valence-electron chi connectivity index (χ2n) is 4.53. The number of nitrogens with one attached hydrogen (secondary N) is 2. The Kier molecular flexibility index (Phi) is 5.05. The SMILES string of the molecule is CC(C)CNC(=O)C(C)OC1CCNC1. The highest BCUT2D eigenvalue weighted by Gasteiger charge is 2.21. The zero-order valence-corrected chi connectivity index (χ0v) is 9.88. The summed E-state index contributed by atoms with van der Waals surface area (Å²) in [6, 6.07) is 0. The van der Waals surface area contributed by atoms with E-state index in [1.165, 1.54) is 0 Å². The van der Waals surface area contributed by atoms with Crippen molar-refractivity contribution in [1.82, 2.24) is 10.6 Å². The van der Waals surface area contributed by atoms with Crippen LogP contribution < -0.4 is 10.6 Å². The highest BCUT2D eigenvalue weighted by molar-refractivity contribution is 5.80. The summed E-state index contributed by atoms with van der Waals surface area (Å²) >= 11 is 0. The van der Waals surface area contributed by atoms with E-state index >= 15 is 0 Å². The van der Waals surface area contributed by atoms with E-state index < -0.39 is 0 Å². The Morgan fingerprint density at radius 1 is 1.53 bits per heavy atom. The molecule has 1 aliphatic rings. The lowest BCUT2D eigenvalue weighted by molar-refractivity contribution is -0.134. The Balaban J connectivity index is 2.19. The van der Waals surface area contributed by atoms with Crippen molar-refractivity contribution >= 4 is 5.91 Å². The average molecular weight is 214 g/mol. The van der Waals surface area contributed by atoms with Gasteiger partial charge in [-0.2, -0.15) is 0 Å². The van der Waals surface area contributed by atoms with Gasteiger partial charge in [-0.25, -0.2) is 0 Å². The molecule has 0 saturated carbocycles. The zero-order chi connectivity index (χ0) is 11.3. The normalized spacial score (nSPS) is 23.1. The number of carbonyl (C=O) groups excluding carboxylic acids is 1. The van der Waals surface area contributed by atoms with Crippen LogP contribution in [-0.4, -0.2) is 37.7 Å². The van der Waals surface area contributed by atoms with Crippen molar-refractivity contribution in [3.63, 3.8) is 0 Å². The molecule has 88 valence electrons. The lowest BCUT2D eigenvalue weighted by Crippen LogP contribution is -2.38. The fourth-order valence-corrected chi connectivity index (χ4v) is 1.54. The molecule has 1 rings (SSSR count). The molecule has 1 fully saturated rings. The lowest BCUT2D eigenvalue weighted by atomic mass is 10.2. The molecule has 1 heterocycles. The van der Waals surface area contributed by atoms with Crippen molar-refractivity contribution in [2.45, 2.75) is 39.4 Å². The predicted octanol–water partition coefficient (Wildman–Crippen LogP) is 0.526. The highest BCUT2D eigenvalue weighted by Crippen LogP contribution is 2.06. The second kappa shape index (κ2) is 6.08. The van der Waals surface area contributed by atoms with E-state index in [9.17, 15) is 4.79 Å². The van der Waals surface area contributed by atoms with Crippen molar-refractivity contribution in [2.75, 3.05) is 19.6 Å². The number of carbonyl (C=O) groups is 1. The molecule has 0 aromatic rings. The van der Waals surface area contributed by atoms with Gasteiger partial charge in [0.25, 0.3) is 0 Å². The molecule has 0 aromatic heterocycles. The third kappa shape index (κ3) is 4.62. The molecule has 2 unspecified atom stereocenters. The van der Waals surface area contributed by atoms with Gasteiger partial charge in [-0.3, -0.25) is 4.79 Å². The maximum absolute atomic E-state index is 11.6. The first kappa shape index (κ1) is 12.5. The maximum Gasteiger partial charge on any atom is 0.248 e. The topological polar surface area (TPSA) is 50.4 Å². The molecule has 1 saturated heterocycles. The van der Waals surface area contributed by atoms with Crippen molar-refractivity contribution < 1.29 is 9.53 Å². The predicted molar refractivity (Wildman–Crippen MR) is 59.7 cm³/mol. The molecule has 0 aromatic carbocycles. The fourth-order valence-electron chi connectivity index (χ4n) is 1.54. The molecular weight excluding hydrogens is 192 g/mol. The van der Waals surface area contributed by atoms with Crippen LogP contribution >= 0.6 is 0 Å². The Labute approximate surface area is 91.8 Å². The number of hydrogen-bond acceptors (Lipinski definition) is 3. The van der Waals surface area contributed by atoms with Gasteiger partial charge in [0.15, 0.2) is 0 Å². The molecule has 15 heavy (non-hydrogen) atoms. The molecule has 0 bridgehead atoms. The number of amides is 1. The molecule has 0 aliphatic carbocycles. The summed E-state index contributed by atoms with van der Waals surface area (Å²) in [7, 11) is 0. The summed E-state index contributed by atoms with van der Waals surface area (Å²) in [6.45, 7) is 8.54. The van der Waals surface area contributed by atoms with E-state index in [0.29, 0.717) is 5.92 Å². The number of ether oxygens (including phenoxy) is 1. The zero-order valence-electron chi connectivity index (χ0n) is 9.88. The number of hydrogen-bond donors (Lipinski definition) is 2. The molecule has 0 radical (unpaired) electrons. The van der Waals surface area contributed by atoms with Gasteiger partial charge < -0.3 is 15.4 Å². The van der Waals surface area contributed by atoms with E-state index in [4.69, 9.17) is 4.74 Å². The minimum Gasteiger partial charge on any atom is -0.364 e. The van der Waals surface area contributed by atoms with Gasteiger partial charge in [-0.05, 0) is 25.8 Å². The van der Waals surface area contributed by atoms with E-state index in [1.807, 2.05) is 6.92 Å². The van der Waals surface area contributed by atoms with Crippen LogP contribution in [0.25, 0.3) is 0 Å². The Morgan fingerprint density at radius 2 is 2.27 bits per heavy atom. The molecule has 4 heteroatoms. The molecule has 2 atom stereocenters. The van der Waals surface area contributed by atoms with Crippen molar-refractivity contribution in [1.29, 1.82) is 0 Å². The van der Waals surface area contributed by atoms with Crippen LogP contribution in [0, 0.1) is 5.92 Å². The van der Waals surface area contributed by atoms with Crippen LogP contribution in [0.4, 0.5) is 0 Å². The average Bonchev–Trinajstić information content (AvgIpc) is 2.66. The van der Waals surface area contributed by atoms with E-state index in [1.54, 1.807) is 0 Å². The van der Waals surface area contributed by atoms with Crippen molar-refractivity contribution in [3.05, 3.63) is 0 Å². The van der Waals surface area contributed by atoms with Crippen LogP contribution in [-0.2, 0) is 9.53 Å². The third-order valence-corrected chi connectivity index (χ3v) is 2.47. The monoisotopic (exact) mass is 214 g/mol. The summed E-state index contributed by atoms with van der Waals surface area (Å²) in [5.41, 5.74) is 0. The van der Waals surface area contributed by atoms with Gasteiger partial charge in [0.05, 0.1) is 6.10 Å². The van der Waals surface area contributed by atoms with E-state index in [0.717, 1.165) is 26.1 Å². The van der Waals surface area contributed by atoms with Crippen molar-refractivity contribution in [3.8, 4) is 0 Å². The highest BCUT2D eigenvalue weighted by atomic mass is 16.5. The molecule has 2 N–H and O–H groups in total. The van der Waals surface area contributed by atoms with Crippen LogP contribution in [0.2, 0.25) is 0 Å². The summed E-state index contributed by atoms with van der Waals surface area (Å²) in [5, 5.41) is 6.08. The summed E-state index contributed by atoms with van der Waals surface area (Å²) < 4.78 is 5.63. The third-order valence-electron chi connectivity index (χ3n) is 2.47. The first-order valence-corrected chi connectivity index (χ1v) is 5.73. The quantitative estimate of drug-likeness (QED) is 0.701. The maximum atomic E-state index is 11.6. The van der Waals surface area contributed by atoms with Crippen LogP contribution in [0.1, 0.15) is 27.2 Å². The second-order valence-corrected chi connectivity index (χ2v) is 4.53. The van der Waals surface area contributed by atoms with Crippen molar-refractivity contribution in [2.24, 2.45) is 5.92 Å². The van der Waals surface area contributed by atoms with E-state index in [-0.39, 0.29) is 18.1 Å². The fraction of sp³-hybridized carbons (Fsp3) is 0.909. The van der Waals surface area contributed by atoms with Crippen LogP contribution in [0.15, 0.2) is 0 Å². The smallest absolute Gasteiger partial charge is 0.248 e. The van der Waals surface area contributed by atoms with Crippen LogP contribution in [0.5, 0.6) is 0 Å². The summed E-state index contributed by atoms with van der Waals surface area (Å²) in [4.78, 5) is 11.6. The molecule has 1 aliphatic heterocycles. The van der Waals surface area contributed by atoms with Gasteiger partial charge in [0.2, 0.25) is 5.91 Å². The van der Waals surface area contributed by atoms with E-state index in [2.05, 4.69) is 24.5 Å². The largest absolute Gasteiger partial charge is 0.364 e. The Morgan fingerprint density at radius 3 is 2.80 bits per heavy atom. The Bertz CT molecular complexity index is 201. The van der Waals surface area contributed by atoms with Gasteiger partial charge >= 0.3 is 0 Å².